The molecule has 4 fully saturated rings. The van der Waals surface area contributed by atoms with E-state index in [9.17, 15) is 0 Å². The van der Waals surface area contributed by atoms with Crippen LogP contribution in [0, 0.1) is 23.7 Å². The van der Waals surface area contributed by atoms with Crippen molar-refractivity contribution in [2.24, 2.45) is 23.7 Å². The van der Waals surface area contributed by atoms with E-state index in [1.165, 1.54) is 333 Å². The number of piperidine rings is 2. The summed E-state index contributed by atoms with van der Waals surface area (Å²) in [5.74, 6) is 7.18. The largest absolute Gasteiger partial charge is 0.297 e. The second-order valence-corrected chi connectivity index (χ2v) is 29.1. The van der Waals surface area contributed by atoms with E-state index < -0.39 is 0 Å². The molecule has 2 nitrogen and oxygen atoms in total. The number of nitrogens with zero attached hydrogens (tertiary/aromatic N) is 2. The first kappa shape index (κ1) is 67.1. The number of rotatable bonds is 55. The zero-order chi connectivity index (χ0) is 52.2. The molecule has 2 heterocycles. The summed E-state index contributed by atoms with van der Waals surface area (Å²) in [7, 11) is 4.53. The Morgan fingerprint density at radius 3 is 0.838 bits per heavy atom. The Morgan fingerprint density at radius 1 is 0.297 bits per heavy atom. The van der Waals surface area contributed by atoms with Gasteiger partial charge >= 0.3 is 0 Å². The lowest BCUT2D eigenvalue weighted by atomic mass is 9.92. The van der Waals surface area contributed by atoms with Crippen LogP contribution in [-0.2, 0) is 0 Å². The molecule has 8 atom stereocenters. The molecule has 0 bridgehead atoms. The normalized spacial score (nSPS) is 23.2. The third-order valence-electron chi connectivity index (χ3n) is 19.9. The molecule has 4 rings (SSSR count). The molecule has 0 radical (unpaired) electrons. The van der Waals surface area contributed by atoms with Gasteiger partial charge in [0.2, 0.25) is 0 Å². The highest BCUT2D eigenvalue weighted by Gasteiger charge is 2.36. The van der Waals surface area contributed by atoms with Crippen molar-refractivity contribution in [2.45, 2.75) is 399 Å². The molecule has 8 unspecified atom stereocenters. The zero-order valence-electron chi connectivity index (χ0n) is 51.3. The van der Waals surface area contributed by atoms with Crippen LogP contribution in [0.15, 0.2) is 0 Å². The third-order valence-corrected chi connectivity index (χ3v) is 22.4. The van der Waals surface area contributed by atoms with E-state index in [-0.39, 0.29) is 0 Å². The predicted octanol–water partition coefficient (Wildman–Crippen LogP) is 24.1. The Hall–Kier alpha value is 0.620. The van der Waals surface area contributed by atoms with E-state index in [1.54, 1.807) is 38.5 Å². The van der Waals surface area contributed by atoms with Gasteiger partial charge in [-0.05, 0) is 114 Å². The van der Waals surface area contributed by atoms with Gasteiger partial charge in [-0.3, -0.25) is 9.80 Å². The summed E-state index contributed by atoms with van der Waals surface area (Å²) in [6.45, 7) is 12.2. The van der Waals surface area contributed by atoms with Crippen LogP contribution in [0.2, 0.25) is 0 Å². The van der Waals surface area contributed by atoms with Gasteiger partial charge in [0.05, 0.1) is 0 Å². The summed E-state index contributed by atoms with van der Waals surface area (Å²) in [5, 5.41) is 0. The minimum absolute atomic E-state index is 0.848. The Labute approximate surface area is 475 Å². The van der Waals surface area contributed by atoms with E-state index in [0.29, 0.717) is 0 Å². The van der Waals surface area contributed by atoms with Crippen LogP contribution < -0.4 is 0 Å². The van der Waals surface area contributed by atoms with Crippen molar-refractivity contribution in [2.75, 3.05) is 24.6 Å². The van der Waals surface area contributed by atoms with Crippen LogP contribution in [-0.4, -0.2) is 58.6 Å². The molecule has 2 saturated carbocycles. The number of hydrogen-bond acceptors (Lipinski definition) is 4. The van der Waals surface area contributed by atoms with Crippen LogP contribution in [0.25, 0.3) is 0 Å². The van der Waals surface area contributed by atoms with Crippen molar-refractivity contribution in [1.82, 2.24) is 9.80 Å². The van der Waals surface area contributed by atoms with Gasteiger partial charge in [0.1, 0.15) is 0 Å². The quantitative estimate of drug-likeness (QED) is 0.0442. The van der Waals surface area contributed by atoms with Gasteiger partial charge in [0.15, 0.2) is 0 Å². The number of hydrogen-bond donors (Lipinski definition) is 0. The van der Waals surface area contributed by atoms with Gasteiger partial charge in [-0.15, -0.1) is 0 Å². The van der Waals surface area contributed by atoms with E-state index in [0.717, 1.165) is 47.8 Å². The van der Waals surface area contributed by atoms with Gasteiger partial charge in [-0.25, -0.2) is 0 Å². The summed E-state index contributed by atoms with van der Waals surface area (Å²) >= 11 is 0. The highest BCUT2D eigenvalue weighted by atomic mass is 33.1. The van der Waals surface area contributed by atoms with Gasteiger partial charge < -0.3 is 0 Å². The van der Waals surface area contributed by atoms with Crippen LogP contribution in [0.5, 0.6) is 0 Å². The lowest BCUT2D eigenvalue weighted by molar-refractivity contribution is 0.0790. The summed E-state index contributed by atoms with van der Waals surface area (Å²) in [4.78, 5) is 6.24. The molecule has 2 saturated heterocycles. The zero-order valence-corrected chi connectivity index (χ0v) is 53.0. The molecule has 0 amide bonds. The summed E-state index contributed by atoms with van der Waals surface area (Å²) in [6.07, 6.45) is 79.8. The lowest BCUT2D eigenvalue weighted by Crippen LogP contribution is -2.46. The van der Waals surface area contributed by atoms with E-state index >= 15 is 0 Å². The molecule has 2 aliphatic carbocycles. The maximum atomic E-state index is 3.12. The van der Waals surface area contributed by atoms with E-state index in [4.69, 9.17) is 0 Å². The molecule has 74 heavy (non-hydrogen) atoms. The summed E-state index contributed by atoms with van der Waals surface area (Å²) in [6, 6.07) is 3.41. The molecular formula is C70H136N2S2. The Kier molecular flexibility index (Phi) is 42.9. The molecule has 0 aromatic heterocycles. The van der Waals surface area contributed by atoms with Gasteiger partial charge in [0, 0.05) is 35.7 Å². The van der Waals surface area contributed by atoms with Crippen molar-refractivity contribution in [3.8, 4) is 0 Å². The van der Waals surface area contributed by atoms with Crippen molar-refractivity contribution in [1.29, 1.82) is 0 Å². The van der Waals surface area contributed by atoms with Gasteiger partial charge in [-0.1, -0.05) is 319 Å². The molecule has 0 aromatic carbocycles. The van der Waals surface area contributed by atoms with Crippen LogP contribution in [0.4, 0.5) is 0 Å². The van der Waals surface area contributed by atoms with Crippen LogP contribution >= 0.6 is 21.6 Å². The SMILES string of the molecule is CCCCCCCCCC(CCCCCCCC1CC1CCCCCCCC)N1CCCCC1CCSSCCC1CCCCN1C(CCCCCCCCC)CCCCCCCC1CC1CCCCCCCC. The summed E-state index contributed by atoms with van der Waals surface area (Å²) in [5.41, 5.74) is 0. The lowest BCUT2D eigenvalue weighted by Gasteiger charge is -2.42. The van der Waals surface area contributed by atoms with Crippen molar-refractivity contribution >= 4 is 21.6 Å². The highest BCUT2D eigenvalue weighted by molar-refractivity contribution is 8.76. The van der Waals surface area contributed by atoms with Crippen LogP contribution in [0.3, 0.4) is 0 Å². The first-order chi connectivity index (χ1) is 36.7. The maximum Gasteiger partial charge on any atom is 0.0106 e. The number of likely N-dealkylation sites (tertiary alicyclic amines) is 2. The first-order valence-corrected chi connectivity index (χ1v) is 37.9. The average molecular weight is 1070 g/mol. The second kappa shape index (κ2) is 47.3. The van der Waals surface area contributed by atoms with Crippen molar-refractivity contribution < 1.29 is 0 Å². The Morgan fingerprint density at radius 2 is 0.554 bits per heavy atom. The molecular weight excluding hydrogens is 933 g/mol. The summed E-state index contributed by atoms with van der Waals surface area (Å²) < 4.78 is 0. The van der Waals surface area contributed by atoms with Crippen molar-refractivity contribution in [3.63, 3.8) is 0 Å². The molecule has 4 heteroatoms. The third kappa shape index (κ3) is 33.4. The Bertz CT molecular complexity index is 1100. The fourth-order valence-corrected chi connectivity index (χ4v) is 17.0. The minimum atomic E-state index is 0.848. The van der Waals surface area contributed by atoms with Gasteiger partial charge in [-0.2, -0.15) is 0 Å². The van der Waals surface area contributed by atoms with Gasteiger partial charge in [0.25, 0.3) is 0 Å². The molecule has 2 aliphatic heterocycles. The van der Waals surface area contributed by atoms with Crippen LogP contribution in [0.1, 0.15) is 374 Å². The fraction of sp³-hybridized carbons (Fsp3) is 1.00. The highest BCUT2D eigenvalue weighted by Crippen LogP contribution is 2.47. The maximum absolute atomic E-state index is 3.12. The molecule has 438 valence electrons. The molecule has 0 N–H and O–H groups in total. The van der Waals surface area contributed by atoms with Crippen molar-refractivity contribution in [3.05, 3.63) is 0 Å². The first-order valence-electron chi connectivity index (χ1n) is 35.4. The number of unbranched alkanes of at least 4 members (excludes halogenated alkanes) is 30. The fourth-order valence-electron chi connectivity index (χ4n) is 14.8. The predicted molar refractivity (Wildman–Crippen MR) is 339 cm³/mol. The second-order valence-electron chi connectivity index (χ2n) is 26.4. The Balaban J connectivity index is 1.13. The van der Waals surface area contributed by atoms with E-state index in [2.05, 4.69) is 59.1 Å². The molecule has 4 aliphatic rings. The minimum Gasteiger partial charge on any atom is -0.297 e. The molecule has 0 spiro atoms. The standard InChI is InChI=1S/C70H136N2S2/c1-5-9-13-17-21-29-37-49-67(51-39-31-23-27-35-47-65-61-63(65)45-33-25-19-15-11-7-3)71-57-43-41-53-69(71)55-59-73-74-60-56-70-54-42-44-58-72(70)68(50-38-30-22-18-14-10-6-2)52-40-32-24-28-36-48-66-62-64(66)46-34-26-20-16-12-8-4/h63-70H,5-62H2,1-4H3. The average Bonchev–Trinajstić information content (AvgIpc) is 4.36. The van der Waals surface area contributed by atoms with E-state index in [1.807, 2.05) is 0 Å². The smallest absolute Gasteiger partial charge is 0.0106 e. The monoisotopic (exact) mass is 1070 g/mol. The topological polar surface area (TPSA) is 6.48 Å². The molecule has 0 aromatic rings.